The third kappa shape index (κ3) is 3.90. The molecule has 1 heterocycles. The molecule has 0 spiro atoms. The second-order valence-corrected chi connectivity index (χ2v) is 8.84. The number of nitrogens with one attached hydrogen (secondary N) is 1. The van der Waals surface area contributed by atoms with Crippen molar-refractivity contribution in [3.63, 3.8) is 0 Å². The summed E-state index contributed by atoms with van der Waals surface area (Å²) in [5.41, 5.74) is 11.4. The molecule has 6 heteroatoms. The molecule has 2 aliphatic rings. The first-order valence-electron chi connectivity index (χ1n) is 11.8. The van der Waals surface area contributed by atoms with Crippen LogP contribution in [0.25, 0.3) is 22.2 Å². The summed E-state index contributed by atoms with van der Waals surface area (Å²) in [4.78, 5) is 12.2. The molecule has 1 aromatic heterocycles. The highest BCUT2D eigenvalue weighted by Gasteiger charge is 2.27. The first-order valence-corrected chi connectivity index (χ1v) is 11.8. The van der Waals surface area contributed by atoms with E-state index in [2.05, 4.69) is 22.0 Å². The van der Waals surface area contributed by atoms with E-state index in [0.29, 0.717) is 12.6 Å². The maximum absolute atomic E-state index is 12.2. The Morgan fingerprint density at radius 2 is 1.81 bits per heavy atom. The Hall–Kier alpha value is -3.15. The van der Waals surface area contributed by atoms with E-state index < -0.39 is 0 Å². The van der Waals surface area contributed by atoms with Crippen LogP contribution in [0.1, 0.15) is 57.9 Å². The smallest absolute Gasteiger partial charge is 0.411 e. The fourth-order valence-electron chi connectivity index (χ4n) is 4.91. The number of hydrogen-bond acceptors (Lipinski definition) is 4. The molecule has 0 saturated heterocycles. The lowest BCUT2D eigenvalue weighted by Gasteiger charge is -2.30. The number of carbonyl (C=O) groups excluding carboxylic acids is 1. The number of fused-ring (bicyclic) bond motifs is 1. The fourth-order valence-corrected chi connectivity index (χ4v) is 4.91. The maximum Gasteiger partial charge on any atom is 0.411 e. The number of nitrogens with zero attached hydrogens (tertiary/aromatic N) is 1. The van der Waals surface area contributed by atoms with Crippen molar-refractivity contribution < 1.29 is 14.3 Å². The lowest BCUT2D eigenvalue weighted by molar-refractivity contribution is 0.114. The molecule has 3 aromatic rings. The number of benzene rings is 2. The highest BCUT2D eigenvalue weighted by Crippen LogP contribution is 2.44. The molecule has 6 nitrogen and oxygen atoms in total. The molecule has 0 atom stereocenters. The third-order valence-electron chi connectivity index (χ3n) is 6.75. The summed E-state index contributed by atoms with van der Waals surface area (Å²) in [6, 6.07) is 14.5. The Kier molecular flexibility index (Phi) is 5.68. The topological polar surface area (TPSA) is 78.5 Å². The lowest BCUT2D eigenvalue weighted by atomic mass is 9.92. The highest BCUT2D eigenvalue weighted by molar-refractivity contribution is 6.01. The molecule has 2 aromatic carbocycles. The molecule has 32 heavy (non-hydrogen) atoms. The molecule has 5 rings (SSSR count). The number of ether oxygens (including phenoxy) is 2. The van der Waals surface area contributed by atoms with E-state index in [-0.39, 0.29) is 12.2 Å². The largest absolute Gasteiger partial charge is 0.494 e. The normalized spacial score (nSPS) is 16.8. The zero-order valence-corrected chi connectivity index (χ0v) is 18.6. The monoisotopic (exact) mass is 433 g/mol. The van der Waals surface area contributed by atoms with Gasteiger partial charge in [-0.05, 0) is 76.1 Å². The first-order chi connectivity index (χ1) is 15.6. The van der Waals surface area contributed by atoms with Gasteiger partial charge < -0.3 is 19.8 Å². The molecule has 2 fully saturated rings. The summed E-state index contributed by atoms with van der Waals surface area (Å²) in [6.07, 6.45) is 7.41. The summed E-state index contributed by atoms with van der Waals surface area (Å²) in [5.74, 6) is 0.866. The van der Waals surface area contributed by atoms with Gasteiger partial charge in [-0.15, -0.1) is 0 Å². The van der Waals surface area contributed by atoms with Crippen LogP contribution in [-0.2, 0) is 4.74 Å². The average molecular weight is 434 g/mol. The molecule has 3 N–H and O–H groups in total. The van der Waals surface area contributed by atoms with Crippen LogP contribution in [0.2, 0.25) is 0 Å². The van der Waals surface area contributed by atoms with Crippen molar-refractivity contribution in [1.29, 1.82) is 0 Å². The van der Waals surface area contributed by atoms with E-state index in [0.717, 1.165) is 77.8 Å². The number of nitrogens with two attached hydrogens (primary N) is 1. The number of aromatic nitrogens is 1. The van der Waals surface area contributed by atoms with Crippen molar-refractivity contribution in [2.45, 2.75) is 64.0 Å². The van der Waals surface area contributed by atoms with Crippen molar-refractivity contribution in [2.24, 2.45) is 0 Å². The molecule has 0 bridgehead atoms. The third-order valence-corrected chi connectivity index (χ3v) is 6.75. The number of rotatable bonds is 6. The van der Waals surface area contributed by atoms with Crippen molar-refractivity contribution in [3.05, 3.63) is 42.5 Å². The lowest BCUT2D eigenvalue weighted by Crippen LogP contribution is -2.20. The van der Waals surface area contributed by atoms with Gasteiger partial charge in [-0.2, -0.15) is 0 Å². The predicted molar refractivity (Wildman–Crippen MR) is 128 cm³/mol. The maximum atomic E-state index is 12.2. The van der Waals surface area contributed by atoms with Gasteiger partial charge in [0.25, 0.3) is 0 Å². The standard InChI is InChI=1S/C26H31N3O3/c1-2-31-21-14-15-22-23(16-21)29(19-6-5-7-19)25(24(22)27)17-10-12-18(13-11-17)28-26(30)32-20-8-3-4-9-20/h10-16,19-20H,2-9,27H2,1H3,(H,28,30). The van der Waals surface area contributed by atoms with Gasteiger partial charge in [-0.25, -0.2) is 4.79 Å². The van der Waals surface area contributed by atoms with Crippen LogP contribution >= 0.6 is 0 Å². The molecule has 0 unspecified atom stereocenters. The summed E-state index contributed by atoms with van der Waals surface area (Å²) in [5, 5.41) is 3.91. The van der Waals surface area contributed by atoms with Gasteiger partial charge in [0.05, 0.1) is 23.5 Å². The molecule has 0 radical (unpaired) electrons. The van der Waals surface area contributed by atoms with Gasteiger partial charge in [0.15, 0.2) is 0 Å². The second-order valence-electron chi connectivity index (χ2n) is 8.84. The van der Waals surface area contributed by atoms with Crippen LogP contribution in [0.3, 0.4) is 0 Å². The Morgan fingerprint density at radius 3 is 2.47 bits per heavy atom. The number of nitrogen functional groups attached to an aromatic ring is 1. The minimum Gasteiger partial charge on any atom is -0.494 e. The summed E-state index contributed by atoms with van der Waals surface area (Å²) in [6.45, 7) is 2.63. The Balaban J connectivity index is 1.44. The van der Waals surface area contributed by atoms with Crippen LogP contribution in [0.5, 0.6) is 5.75 Å². The van der Waals surface area contributed by atoms with Crippen molar-refractivity contribution in [2.75, 3.05) is 17.7 Å². The molecular weight excluding hydrogens is 402 g/mol. The first kappa shape index (κ1) is 20.7. The molecule has 2 aliphatic carbocycles. The van der Waals surface area contributed by atoms with Gasteiger partial charge in [0.1, 0.15) is 11.9 Å². The second kappa shape index (κ2) is 8.77. The zero-order valence-electron chi connectivity index (χ0n) is 18.6. The van der Waals surface area contributed by atoms with Gasteiger partial charge in [0.2, 0.25) is 0 Å². The SMILES string of the molecule is CCOc1ccc2c(N)c(-c3ccc(NC(=O)OC4CCCC4)cc3)n(C3CCC3)c2c1. The van der Waals surface area contributed by atoms with Gasteiger partial charge in [-0.1, -0.05) is 12.1 Å². The summed E-state index contributed by atoms with van der Waals surface area (Å²) >= 11 is 0. The molecule has 1 amide bonds. The number of anilines is 2. The van der Waals surface area contributed by atoms with E-state index in [1.807, 2.05) is 37.3 Å². The van der Waals surface area contributed by atoms with E-state index >= 15 is 0 Å². The van der Waals surface area contributed by atoms with E-state index in [9.17, 15) is 4.79 Å². The summed E-state index contributed by atoms with van der Waals surface area (Å²) in [7, 11) is 0. The van der Waals surface area contributed by atoms with Gasteiger partial charge in [0, 0.05) is 28.7 Å². The van der Waals surface area contributed by atoms with Crippen molar-refractivity contribution >= 4 is 28.4 Å². The predicted octanol–water partition coefficient (Wildman–Crippen LogP) is 6.51. The summed E-state index contributed by atoms with van der Waals surface area (Å²) < 4.78 is 13.6. The minimum atomic E-state index is -0.379. The fraction of sp³-hybridized carbons (Fsp3) is 0.423. The molecule has 0 aliphatic heterocycles. The molecular formula is C26H31N3O3. The van der Waals surface area contributed by atoms with Crippen LogP contribution < -0.4 is 15.8 Å². The van der Waals surface area contributed by atoms with E-state index in [1.54, 1.807) is 0 Å². The van der Waals surface area contributed by atoms with Gasteiger partial charge in [-0.3, -0.25) is 5.32 Å². The number of hydrogen-bond donors (Lipinski definition) is 2. The minimum absolute atomic E-state index is 0.0498. The van der Waals surface area contributed by atoms with Crippen LogP contribution in [0.15, 0.2) is 42.5 Å². The zero-order chi connectivity index (χ0) is 22.1. The average Bonchev–Trinajstić information content (AvgIpc) is 3.35. The number of carbonyl (C=O) groups is 1. The van der Waals surface area contributed by atoms with Crippen LogP contribution in [0.4, 0.5) is 16.2 Å². The van der Waals surface area contributed by atoms with E-state index in [1.165, 1.54) is 6.42 Å². The Morgan fingerprint density at radius 1 is 1.06 bits per heavy atom. The highest BCUT2D eigenvalue weighted by atomic mass is 16.6. The van der Waals surface area contributed by atoms with Crippen molar-refractivity contribution in [3.8, 4) is 17.0 Å². The Labute approximate surface area is 188 Å². The van der Waals surface area contributed by atoms with E-state index in [4.69, 9.17) is 15.2 Å². The quantitative estimate of drug-likeness (QED) is 0.465. The molecule has 168 valence electrons. The molecule has 2 saturated carbocycles. The van der Waals surface area contributed by atoms with Crippen molar-refractivity contribution in [1.82, 2.24) is 4.57 Å². The van der Waals surface area contributed by atoms with Crippen LogP contribution in [-0.4, -0.2) is 23.4 Å². The van der Waals surface area contributed by atoms with Gasteiger partial charge >= 0.3 is 6.09 Å². The Bertz CT molecular complexity index is 1110. The van der Waals surface area contributed by atoms with Crippen LogP contribution in [0, 0.1) is 0 Å². The number of amides is 1.